The van der Waals surface area contributed by atoms with Gasteiger partial charge in [0, 0.05) is 0 Å². The quantitative estimate of drug-likeness (QED) is 0.106. The summed E-state index contributed by atoms with van der Waals surface area (Å²) in [6.45, 7) is 4.53. The van der Waals surface area contributed by atoms with Crippen LogP contribution in [0.15, 0.2) is 12.2 Å². The van der Waals surface area contributed by atoms with Crippen LogP contribution in [0.5, 0.6) is 0 Å². The lowest BCUT2D eigenvalue weighted by molar-refractivity contribution is 0.147. The van der Waals surface area contributed by atoms with E-state index in [1.54, 1.807) is 0 Å². The maximum absolute atomic E-state index is 10.1. The zero-order valence-corrected chi connectivity index (χ0v) is 21.9. The normalized spacial score (nSPS) is 12.7. The van der Waals surface area contributed by atoms with E-state index in [-0.39, 0.29) is 6.10 Å². The Morgan fingerprint density at radius 1 is 0.419 bits per heavy atom. The Hall–Kier alpha value is -0.300. The van der Waals surface area contributed by atoms with Gasteiger partial charge in [-0.05, 0) is 38.5 Å². The number of aliphatic hydroxyl groups is 1. The Kier molecular flexibility index (Phi) is 27.5. The van der Waals surface area contributed by atoms with Gasteiger partial charge in [-0.15, -0.1) is 0 Å². The monoisotopic (exact) mass is 436 g/mol. The van der Waals surface area contributed by atoms with Crippen molar-refractivity contribution in [3.8, 4) is 0 Å². The smallest absolute Gasteiger partial charge is 0.0540 e. The molecule has 1 N–H and O–H groups in total. The van der Waals surface area contributed by atoms with Gasteiger partial charge in [-0.2, -0.15) is 0 Å². The summed E-state index contributed by atoms with van der Waals surface area (Å²) in [6.07, 6.45) is 38.2. The molecule has 1 atom stereocenters. The Labute approximate surface area is 197 Å². The standard InChI is InChI=1S/C30H60O/c1-3-5-7-9-10-11-12-13-14-15-16-17-18-19-20-21-22-23-25-27-29-30(31)28-26-24-8-6-4-2/h10-11,30-31H,3-9,12-29H2,1-2H3. The van der Waals surface area contributed by atoms with Gasteiger partial charge >= 0.3 is 0 Å². The Bertz CT molecular complexity index is 335. The molecule has 0 fully saturated rings. The van der Waals surface area contributed by atoms with E-state index >= 15 is 0 Å². The Morgan fingerprint density at radius 3 is 1.13 bits per heavy atom. The minimum absolute atomic E-state index is 0.0337. The highest BCUT2D eigenvalue weighted by Gasteiger charge is 2.03. The molecule has 0 saturated heterocycles. The van der Waals surface area contributed by atoms with Gasteiger partial charge < -0.3 is 5.11 Å². The highest BCUT2D eigenvalue weighted by atomic mass is 16.3. The third kappa shape index (κ3) is 27.7. The van der Waals surface area contributed by atoms with Gasteiger partial charge in [0.05, 0.1) is 6.10 Å². The number of hydrogen-bond donors (Lipinski definition) is 1. The molecule has 0 bridgehead atoms. The zero-order valence-electron chi connectivity index (χ0n) is 21.9. The van der Waals surface area contributed by atoms with Gasteiger partial charge in [-0.25, -0.2) is 0 Å². The van der Waals surface area contributed by atoms with E-state index in [1.165, 1.54) is 148 Å². The van der Waals surface area contributed by atoms with Crippen LogP contribution < -0.4 is 0 Å². The summed E-state index contributed by atoms with van der Waals surface area (Å²) in [7, 11) is 0. The van der Waals surface area contributed by atoms with E-state index in [4.69, 9.17) is 0 Å². The molecule has 1 heteroatoms. The number of allylic oxidation sites excluding steroid dienone is 2. The molecule has 0 aliphatic heterocycles. The van der Waals surface area contributed by atoms with Crippen LogP contribution in [0.25, 0.3) is 0 Å². The largest absolute Gasteiger partial charge is 0.393 e. The second kappa shape index (κ2) is 27.7. The maximum atomic E-state index is 10.1. The van der Waals surface area contributed by atoms with E-state index in [0.29, 0.717) is 0 Å². The topological polar surface area (TPSA) is 20.2 Å². The van der Waals surface area contributed by atoms with E-state index in [1.807, 2.05) is 0 Å². The van der Waals surface area contributed by atoms with Crippen molar-refractivity contribution in [2.75, 3.05) is 0 Å². The van der Waals surface area contributed by atoms with Crippen molar-refractivity contribution >= 4 is 0 Å². The average molecular weight is 437 g/mol. The molecule has 0 aromatic heterocycles. The van der Waals surface area contributed by atoms with Crippen molar-refractivity contribution in [1.29, 1.82) is 0 Å². The first-order valence-electron chi connectivity index (χ1n) is 14.6. The summed E-state index contributed by atoms with van der Waals surface area (Å²) in [6, 6.07) is 0. The number of aliphatic hydroxyl groups excluding tert-OH is 1. The van der Waals surface area contributed by atoms with Gasteiger partial charge in [-0.1, -0.05) is 148 Å². The van der Waals surface area contributed by atoms with Gasteiger partial charge in [-0.3, -0.25) is 0 Å². The molecule has 0 rings (SSSR count). The van der Waals surface area contributed by atoms with E-state index in [0.717, 1.165) is 12.8 Å². The summed E-state index contributed by atoms with van der Waals surface area (Å²) in [4.78, 5) is 0. The van der Waals surface area contributed by atoms with Crippen molar-refractivity contribution in [2.24, 2.45) is 0 Å². The lowest BCUT2D eigenvalue weighted by Crippen LogP contribution is -2.05. The van der Waals surface area contributed by atoms with Crippen LogP contribution in [-0.2, 0) is 0 Å². The van der Waals surface area contributed by atoms with E-state index in [9.17, 15) is 5.11 Å². The third-order valence-electron chi connectivity index (χ3n) is 6.69. The molecule has 1 nitrogen and oxygen atoms in total. The minimum Gasteiger partial charge on any atom is -0.393 e. The number of hydrogen-bond acceptors (Lipinski definition) is 1. The molecule has 0 aliphatic rings. The molecular formula is C30H60O. The summed E-state index contributed by atoms with van der Waals surface area (Å²) in [5.74, 6) is 0. The molecule has 0 radical (unpaired) electrons. The first-order chi connectivity index (χ1) is 15.3. The Balaban J connectivity index is 3.12. The first-order valence-corrected chi connectivity index (χ1v) is 14.6. The lowest BCUT2D eigenvalue weighted by atomic mass is 10.0. The molecule has 0 aromatic rings. The van der Waals surface area contributed by atoms with Crippen molar-refractivity contribution in [3.63, 3.8) is 0 Å². The van der Waals surface area contributed by atoms with Gasteiger partial charge in [0.15, 0.2) is 0 Å². The van der Waals surface area contributed by atoms with Crippen LogP contribution in [-0.4, -0.2) is 11.2 Å². The average Bonchev–Trinajstić information content (AvgIpc) is 2.77. The number of rotatable bonds is 26. The van der Waals surface area contributed by atoms with Gasteiger partial charge in [0.1, 0.15) is 0 Å². The molecular weight excluding hydrogens is 376 g/mol. The second-order valence-electron chi connectivity index (χ2n) is 10.00. The van der Waals surface area contributed by atoms with Crippen LogP contribution in [0.3, 0.4) is 0 Å². The molecule has 0 aliphatic carbocycles. The Morgan fingerprint density at radius 2 is 0.710 bits per heavy atom. The molecule has 1 unspecified atom stereocenters. The van der Waals surface area contributed by atoms with Crippen LogP contribution in [0.4, 0.5) is 0 Å². The fraction of sp³-hybridized carbons (Fsp3) is 0.933. The molecule has 0 aromatic carbocycles. The fourth-order valence-corrected chi connectivity index (χ4v) is 4.46. The molecule has 0 amide bonds. The van der Waals surface area contributed by atoms with E-state index in [2.05, 4.69) is 26.0 Å². The lowest BCUT2D eigenvalue weighted by Gasteiger charge is -2.10. The highest BCUT2D eigenvalue weighted by Crippen LogP contribution is 2.15. The van der Waals surface area contributed by atoms with E-state index < -0.39 is 0 Å². The van der Waals surface area contributed by atoms with Crippen molar-refractivity contribution in [1.82, 2.24) is 0 Å². The zero-order chi connectivity index (χ0) is 22.7. The molecule has 31 heavy (non-hydrogen) atoms. The minimum atomic E-state index is -0.0337. The molecule has 0 spiro atoms. The van der Waals surface area contributed by atoms with Crippen molar-refractivity contribution in [3.05, 3.63) is 12.2 Å². The molecule has 0 heterocycles. The van der Waals surface area contributed by atoms with Crippen LogP contribution in [0, 0.1) is 0 Å². The summed E-state index contributed by atoms with van der Waals surface area (Å²) >= 11 is 0. The van der Waals surface area contributed by atoms with Crippen LogP contribution >= 0.6 is 0 Å². The van der Waals surface area contributed by atoms with Crippen molar-refractivity contribution in [2.45, 2.75) is 180 Å². The first kappa shape index (κ1) is 30.7. The predicted molar refractivity (Wildman–Crippen MR) is 142 cm³/mol. The van der Waals surface area contributed by atoms with Crippen LogP contribution in [0.2, 0.25) is 0 Å². The SMILES string of the molecule is CCCCCC=CCCCCCCCCCCCCCCCC(O)CCCCCCC. The predicted octanol–water partition coefficient (Wildman–Crippen LogP) is 10.7. The van der Waals surface area contributed by atoms with Crippen LogP contribution in [0.1, 0.15) is 174 Å². The fourth-order valence-electron chi connectivity index (χ4n) is 4.46. The highest BCUT2D eigenvalue weighted by molar-refractivity contribution is 4.81. The van der Waals surface area contributed by atoms with Crippen molar-refractivity contribution < 1.29 is 5.11 Å². The third-order valence-corrected chi connectivity index (χ3v) is 6.69. The number of unbranched alkanes of at least 4 members (excludes halogenated alkanes) is 20. The molecule has 0 saturated carbocycles. The summed E-state index contributed by atoms with van der Waals surface area (Å²) in [5.41, 5.74) is 0. The maximum Gasteiger partial charge on any atom is 0.0540 e. The van der Waals surface area contributed by atoms with Gasteiger partial charge in [0.2, 0.25) is 0 Å². The summed E-state index contributed by atoms with van der Waals surface area (Å²) in [5, 5.41) is 10.1. The van der Waals surface area contributed by atoms with Gasteiger partial charge in [0.25, 0.3) is 0 Å². The summed E-state index contributed by atoms with van der Waals surface area (Å²) < 4.78 is 0. The second-order valence-corrected chi connectivity index (χ2v) is 10.00. The molecule has 186 valence electrons.